The molecule has 0 bridgehead atoms. The van der Waals surface area contributed by atoms with E-state index in [1.807, 2.05) is 60.7 Å². The van der Waals surface area contributed by atoms with Crippen LogP contribution in [0.5, 0.6) is 0 Å². The number of hydrogen-bond acceptors (Lipinski definition) is 4. The molecular weight excluding hydrogens is 440 g/mol. The summed E-state index contributed by atoms with van der Waals surface area (Å²) in [5, 5.41) is 2.92. The number of hydrogen-bond donors (Lipinski definition) is 1. The Morgan fingerprint density at radius 3 is 2.09 bits per heavy atom. The van der Waals surface area contributed by atoms with Crippen LogP contribution in [0.2, 0.25) is 0 Å². The molecule has 0 aliphatic rings. The van der Waals surface area contributed by atoms with E-state index in [1.165, 1.54) is 11.8 Å². The third-order valence-electron chi connectivity index (χ3n) is 5.45. The van der Waals surface area contributed by atoms with Crippen LogP contribution < -0.4 is 5.32 Å². The Morgan fingerprint density at radius 2 is 1.44 bits per heavy atom. The summed E-state index contributed by atoms with van der Waals surface area (Å²) >= 11 is 1.77. The van der Waals surface area contributed by atoms with E-state index in [0.717, 1.165) is 21.8 Å². The Labute approximate surface area is 204 Å². The number of thioether (sulfide) groups is 1. The number of pyridine rings is 1. The minimum atomic E-state index is -0.623. The fraction of sp³-hybridized carbons (Fsp3) is 0.138. The highest BCUT2D eigenvalue weighted by Gasteiger charge is 2.22. The number of Topliss-reactive ketones (excluding diaryl/α,β-unsaturated/α-hetero) is 1. The summed E-state index contributed by atoms with van der Waals surface area (Å²) in [6.07, 6.45) is 3.82. The van der Waals surface area contributed by atoms with Crippen molar-refractivity contribution in [2.75, 3.05) is 0 Å². The molecule has 0 aliphatic heterocycles. The fourth-order valence-corrected chi connectivity index (χ4v) is 4.46. The minimum Gasteiger partial charge on any atom is -0.342 e. The molecule has 4 rings (SSSR count). The molecule has 170 valence electrons. The third-order valence-corrected chi connectivity index (χ3v) is 6.53. The second-order valence-electron chi connectivity index (χ2n) is 8.02. The molecule has 1 aromatic heterocycles. The smallest absolute Gasteiger partial charge is 0.253 e. The minimum absolute atomic E-state index is 0.0224. The van der Waals surface area contributed by atoms with E-state index in [0.29, 0.717) is 12.0 Å². The van der Waals surface area contributed by atoms with Gasteiger partial charge in [-0.05, 0) is 47.4 Å². The van der Waals surface area contributed by atoms with Crippen molar-refractivity contribution < 1.29 is 9.59 Å². The standard InChI is InChI=1S/C29H26N2O2S/c32-28(19-23-13-15-26(16-14-23)34-21-24-10-5-2-6-11-24)27(18-22-8-3-1-4-9-22)31-29(33)25-12-7-17-30-20-25/h1-17,20,27H,18-19,21H2,(H,31,33)/t27-/m0/s1. The fourth-order valence-electron chi connectivity index (χ4n) is 3.60. The quantitative estimate of drug-likeness (QED) is 0.312. The second-order valence-corrected chi connectivity index (χ2v) is 9.07. The molecular formula is C29H26N2O2S. The van der Waals surface area contributed by atoms with Crippen LogP contribution in [0.3, 0.4) is 0 Å². The highest BCUT2D eigenvalue weighted by molar-refractivity contribution is 7.98. The number of carbonyl (C=O) groups excluding carboxylic acids is 2. The first-order chi connectivity index (χ1) is 16.7. The summed E-state index contributed by atoms with van der Waals surface area (Å²) in [6, 6.07) is 31.0. The molecule has 0 radical (unpaired) electrons. The lowest BCUT2D eigenvalue weighted by Crippen LogP contribution is -2.43. The predicted octanol–water partition coefficient (Wildman–Crippen LogP) is 5.53. The zero-order chi connectivity index (χ0) is 23.6. The van der Waals surface area contributed by atoms with Crippen LogP contribution in [0.25, 0.3) is 0 Å². The van der Waals surface area contributed by atoms with Gasteiger partial charge in [0, 0.05) is 29.5 Å². The molecule has 3 aromatic carbocycles. The molecule has 0 aliphatic carbocycles. The molecule has 34 heavy (non-hydrogen) atoms. The Kier molecular flexibility index (Phi) is 8.25. The Morgan fingerprint density at radius 1 is 0.765 bits per heavy atom. The summed E-state index contributed by atoms with van der Waals surface area (Å²) in [7, 11) is 0. The van der Waals surface area contributed by atoms with Crippen molar-refractivity contribution in [2.24, 2.45) is 0 Å². The van der Waals surface area contributed by atoms with Gasteiger partial charge in [-0.3, -0.25) is 14.6 Å². The largest absolute Gasteiger partial charge is 0.342 e. The first-order valence-electron chi connectivity index (χ1n) is 11.2. The molecule has 4 aromatic rings. The van der Waals surface area contributed by atoms with Crippen molar-refractivity contribution in [1.29, 1.82) is 0 Å². The maximum absolute atomic E-state index is 13.2. The topological polar surface area (TPSA) is 59.1 Å². The number of aromatic nitrogens is 1. The molecule has 1 N–H and O–H groups in total. The van der Waals surface area contributed by atoms with Crippen LogP contribution >= 0.6 is 11.8 Å². The van der Waals surface area contributed by atoms with Gasteiger partial charge in [-0.2, -0.15) is 0 Å². The highest BCUT2D eigenvalue weighted by Crippen LogP contribution is 2.23. The van der Waals surface area contributed by atoms with E-state index in [-0.39, 0.29) is 18.1 Å². The zero-order valence-corrected chi connectivity index (χ0v) is 19.6. The van der Waals surface area contributed by atoms with Crippen molar-refractivity contribution in [2.45, 2.75) is 29.5 Å². The van der Waals surface area contributed by atoms with Crippen molar-refractivity contribution in [1.82, 2.24) is 10.3 Å². The molecule has 1 heterocycles. The lowest BCUT2D eigenvalue weighted by Gasteiger charge is -2.18. The van der Waals surface area contributed by atoms with Gasteiger partial charge < -0.3 is 5.32 Å². The molecule has 0 saturated heterocycles. The van der Waals surface area contributed by atoms with Crippen molar-refractivity contribution in [3.8, 4) is 0 Å². The maximum atomic E-state index is 13.2. The molecule has 1 atom stereocenters. The van der Waals surface area contributed by atoms with Gasteiger partial charge in [-0.25, -0.2) is 0 Å². The predicted molar refractivity (Wildman–Crippen MR) is 137 cm³/mol. The number of amides is 1. The SMILES string of the molecule is O=C(N[C@@H](Cc1ccccc1)C(=O)Cc1ccc(SCc2ccccc2)cc1)c1cccnc1. The van der Waals surface area contributed by atoms with Crippen LogP contribution in [0.1, 0.15) is 27.0 Å². The van der Waals surface area contributed by atoms with Gasteiger partial charge in [0.15, 0.2) is 5.78 Å². The van der Waals surface area contributed by atoms with Gasteiger partial charge in [0.05, 0.1) is 11.6 Å². The molecule has 4 nitrogen and oxygen atoms in total. The maximum Gasteiger partial charge on any atom is 0.253 e. The van der Waals surface area contributed by atoms with E-state index in [2.05, 4.69) is 34.6 Å². The molecule has 0 spiro atoms. The molecule has 5 heteroatoms. The van der Waals surface area contributed by atoms with Crippen molar-refractivity contribution in [3.05, 3.63) is 132 Å². The number of rotatable bonds is 10. The Balaban J connectivity index is 1.41. The summed E-state index contributed by atoms with van der Waals surface area (Å²) < 4.78 is 0. The number of benzene rings is 3. The number of carbonyl (C=O) groups is 2. The summed E-state index contributed by atoms with van der Waals surface area (Å²) in [4.78, 5) is 31.1. The molecule has 0 fully saturated rings. The lowest BCUT2D eigenvalue weighted by atomic mass is 9.97. The molecule has 0 unspecified atom stereocenters. The van der Waals surface area contributed by atoms with E-state index in [1.54, 1.807) is 30.1 Å². The van der Waals surface area contributed by atoms with E-state index >= 15 is 0 Å². The number of nitrogens with one attached hydrogen (secondary N) is 1. The summed E-state index contributed by atoms with van der Waals surface area (Å²) in [5.41, 5.74) is 3.65. The third kappa shape index (κ3) is 6.90. The first-order valence-corrected chi connectivity index (χ1v) is 12.2. The van der Waals surface area contributed by atoms with Gasteiger partial charge in [0.1, 0.15) is 0 Å². The lowest BCUT2D eigenvalue weighted by molar-refractivity contribution is -0.120. The van der Waals surface area contributed by atoms with Gasteiger partial charge >= 0.3 is 0 Å². The van der Waals surface area contributed by atoms with Crippen LogP contribution in [-0.4, -0.2) is 22.7 Å². The van der Waals surface area contributed by atoms with Gasteiger partial charge in [0.25, 0.3) is 5.91 Å². The average molecular weight is 467 g/mol. The average Bonchev–Trinajstić information content (AvgIpc) is 2.89. The van der Waals surface area contributed by atoms with E-state index < -0.39 is 6.04 Å². The van der Waals surface area contributed by atoms with Gasteiger partial charge in [-0.15, -0.1) is 11.8 Å². The summed E-state index contributed by atoms with van der Waals surface area (Å²) in [5.74, 6) is 0.583. The molecule has 0 saturated carbocycles. The summed E-state index contributed by atoms with van der Waals surface area (Å²) in [6.45, 7) is 0. The molecule has 1 amide bonds. The van der Waals surface area contributed by atoms with Crippen molar-refractivity contribution >= 4 is 23.5 Å². The van der Waals surface area contributed by atoms with Crippen LogP contribution in [0.4, 0.5) is 0 Å². The second kappa shape index (κ2) is 12.0. The van der Waals surface area contributed by atoms with Crippen LogP contribution in [0, 0.1) is 0 Å². The number of ketones is 1. The zero-order valence-electron chi connectivity index (χ0n) is 18.8. The van der Waals surface area contributed by atoms with Crippen molar-refractivity contribution in [3.63, 3.8) is 0 Å². The van der Waals surface area contributed by atoms with E-state index in [4.69, 9.17) is 0 Å². The monoisotopic (exact) mass is 466 g/mol. The van der Waals surface area contributed by atoms with Gasteiger partial charge in [-0.1, -0.05) is 72.8 Å². The van der Waals surface area contributed by atoms with E-state index in [9.17, 15) is 9.59 Å². The first kappa shape index (κ1) is 23.5. The van der Waals surface area contributed by atoms with Crippen LogP contribution in [-0.2, 0) is 23.4 Å². The highest BCUT2D eigenvalue weighted by atomic mass is 32.2. The van der Waals surface area contributed by atoms with Gasteiger partial charge in [0.2, 0.25) is 0 Å². The normalized spacial score (nSPS) is 11.5. The van der Waals surface area contributed by atoms with Crippen LogP contribution in [0.15, 0.2) is 114 Å². The Hall–Kier alpha value is -3.70. The Bertz CT molecular complexity index is 1200. The number of nitrogens with zero attached hydrogens (tertiary/aromatic N) is 1.